The summed E-state index contributed by atoms with van der Waals surface area (Å²) in [5.41, 5.74) is 0.321. The van der Waals surface area contributed by atoms with Gasteiger partial charge in [-0.25, -0.2) is 12.8 Å². The van der Waals surface area contributed by atoms with Crippen LogP contribution in [-0.4, -0.2) is 38.0 Å². The fourth-order valence-electron chi connectivity index (χ4n) is 2.99. The third-order valence-corrected chi connectivity index (χ3v) is 5.66. The van der Waals surface area contributed by atoms with E-state index in [0.717, 1.165) is 31.9 Å². The first-order valence-corrected chi connectivity index (χ1v) is 10.2. The van der Waals surface area contributed by atoms with E-state index in [-0.39, 0.29) is 31.5 Å². The van der Waals surface area contributed by atoms with Gasteiger partial charge in [-0.3, -0.25) is 4.79 Å². The van der Waals surface area contributed by atoms with Crippen molar-refractivity contribution in [3.8, 4) is 0 Å². The quantitative estimate of drug-likeness (QED) is 0.815. The average Bonchev–Trinajstić information content (AvgIpc) is 2.55. The van der Waals surface area contributed by atoms with Crippen molar-refractivity contribution in [3.63, 3.8) is 0 Å². The highest BCUT2D eigenvalue weighted by Gasteiger charge is 2.22. The second-order valence-corrected chi connectivity index (χ2v) is 8.30. The molecule has 1 saturated carbocycles. The number of sulfonamides is 1. The van der Waals surface area contributed by atoms with Crippen LogP contribution in [0.15, 0.2) is 24.3 Å². The van der Waals surface area contributed by atoms with Gasteiger partial charge in [0.25, 0.3) is 0 Å². The summed E-state index contributed by atoms with van der Waals surface area (Å²) < 4.78 is 38.8. The van der Waals surface area contributed by atoms with Crippen molar-refractivity contribution in [2.75, 3.05) is 19.3 Å². The molecule has 2 rings (SSSR count). The van der Waals surface area contributed by atoms with Gasteiger partial charge in [-0.15, -0.1) is 0 Å². The molecule has 1 aliphatic carbocycles. The summed E-state index contributed by atoms with van der Waals surface area (Å²) in [6.45, 7) is 0.327. The predicted molar refractivity (Wildman–Crippen MR) is 91.2 cm³/mol. The molecule has 0 heterocycles. The van der Waals surface area contributed by atoms with E-state index in [0.29, 0.717) is 5.56 Å². The van der Waals surface area contributed by atoms with Crippen molar-refractivity contribution < 1.29 is 17.6 Å². The lowest BCUT2D eigenvalue weighted by Gasteiger charge is -2.23. The van der Waals surface area contributed by atoms with Gasteiger partial charge in [-0.2, -0.15) is 4.31 Å². The van der Waals surface area contributed by atoms with Crippen LogP contribution in [0.3, 0.4) is 0 Å². The lowest BCUT2D eigenvalue weighted by atomic mass is 9.89. The van der Waals surface area contributed by atoms with E-state index in [1.165, 1.54) is 16.8 Å². The number of hydrogen-bond donors (Lipinski definition) is 1. The van der Waals surface area contributed by atoms with Gasteiger partial charge in [0.15, 0.2) is 0 Å². The normalized spacial score (nSPS) is 16.3. The number of halogens is 1. The Morgan fingerprint density at radius 3 is 2.54 bits per heavy atom. The van der Waals surface area contributed by atoms with Crippen LogP contribution in [0.1, 0.15) is 37.7 Å². The van der Waals surface area contributed by atoms with Crippen LogP contribution in [0.5, 0.6) is 0 Å². The number of hydrogen-bond acceptors (Lipinski definition) is 3. The molecule has 0 bridgehead atoms. The van der Waals surface area contributed by atoms with Gasteiger partial charge < -0.3 is 5.32 Å². The maximum Gasteiger partial charge on any atom is 0.223 e. The largest absolute Gasteiger partial charge is 0.355 e. The van der Waals surface area contributed by atoms with Crippen molar-refractivity contribution in [1.82, 2.24) is 9.62 Å². The molecule has 1 fully saturated rings. The molecule has 0 spiro atoms. The minimum absolute atomic E-state index is 0.00552. The van der Waals surface area contributed by atoms with E-state index < -0.39 is 15.8 Å². The summed E-state index contributed by atoms with van der Waals surface area (Å²) in [6.07, 6.45) is 6.21. The lowest BCUT2D eigenvalue weighted by Crippen LogP contribution is -2.40. The van der Waals surface area contributed by atoms with Gasteiger partial charge in [-0.05, 0) is 18.9 Å². The number of amides is 1. The van der Waals surface area contributed by atoms with Crippen LogP contribution < -0.4 is 5.32 Å². The zero-order chi connectivity index (χ0) is 17.6. The van der Waals surface area contributed by atoms with Crippen LogP contribution in [0.2, 0.25) is 0 Å². The maximum atomic E-state index is 13.7. The standard InChI is InChI=1S/C17H25FN2O3S/c1-24(22,23)20(13-15-9-5-6-10-16(15)18)12-11-19-17(21)14-7-3-2-4-8-14/h5-6,9-10,14H,2-4,7-8,11-13H2,1H3,(H,19,21). The first-order valence-electron chi connectivity index (χ1n) is 8.34. The monoisotopic (exact) mass is 356 g/mol. The van der Waals surface area contributed by atoms with E-state index in [2.05, 4.69) is 5.32 Å². The number of carbonyl (C=O) groups excluding carboxylic acids is 1. The van der Waals surface area contributed by atoms with E-state index in [9.17, 15) is 17.6 Å². The number of benzene rings is 1. The van der Waals surface area contributed by atoms with Gasteiger partial charge in [0.05, 0.1) is 6.26 Å². The molecule has 5 nitrogen and oxygen atoms in total. The Bertz CT molecular complexity index is 658. The van der Waals surface area contributed by atoms with E-state index >= 15 is 0 Å². The Morgan fingerprint density at radius 1 is 1.25 bits per heavy atom. The Labute approximate surface area is 143 Å². The molecule has 0 aliphatic heterocycles. The smallest absolute Gasteiger partial charge is 0.223 e. The van der Waals surface area contributed by atoms with Gasteiger partial charge in [-0.1, -0.05) is 37.5 Å². The zero-order valence-electron chi connectivity index (χ0n) is 14.0. The van der Waals surface area contributed by atoms with Gasteiger partial charge >= 0.3 is 0 Å². The minimum atomic E-state index is -3.49. The number of carbonyl (C=O) groups is 1. The van der Waals surface area contributed by atoms with Gasteiger partial charge in [0.1, 0.15) is 5.82 Å². The summed E-state index contributed by atoms with van der Waals surface area (Å²) in [5.74, 6) is -0.400. The minimum Gasteiger partial charge on any atom is -0.355 e. The molecule has 0 saturated heterocycles. The second kappa shape index (κ2) is 8.58. The highest BCUT2D eigenvalue weighted by atomic mass is 32.2. The predicted octanol–water partition coefficient (Wildman–Crippen LogP) is 2.28. The SMILES string of the molecule is CS(=O)(=O)N(CCNC(=O)C1CCCCC1)Cc1ccccc1F. The number of nitrogens with zero attached hydrogens (tertiary/aromatic N) is 1. The molecule has 0 atom stereocenters. The van der Waals surface area contributed by atoms with Crippen molar-refractivity contribution in [3.05, 3.63) is 35.6 Å². The molecule has 24 heavy (non-hydrogen) atoms. The van der Waals surface area contributed by atoms with Crippen LogP contribution in [-0.2, 0) is 21.4 Å². The molecule has 134 valence electrons. The van der Waals surface area contributed by atoms with Crippen LogP contribution in [0.25, 0.3) is 0 Å². The molecule has 7 heteroatoms. The fourth-order valence-corrected chi connectivity index (χ4v) is 3.79. The zero-order valence-corrected chi connectivity index (χ0v) is 14.8. The van der Waals surface area contributed by atoms with Crippen molar-refractivity contribution in [2.45, 2.75) is 38.6 Å². The van der Waals surface area contributed by atoms with E-state index in [1.54, 1.807) is 18.2 Å². The molecular formula is C17H25FN2O3S. The molecular weight excluding hydrogens is 331 g/mol. The molecule has 0 unspecified atom stereocenters. The molecule has 0 aromatic heterocycles. The Morgan fingerprint density at radius 2 is 1.92 bits per heavy atom. The second-order valence-electron chi connectivity index (χ2n) is 6.31. The summed E-state index contributed by atoms with van der Waals surface area (Å²) >= 11 is 0. The topological polar surface area (TPSA) is 66.5 Å². The first kappa shape index (κ1) is 18.9. The van der Waals surface area contributed by atoms with Crippen LogP contribution >= 0.6 is 0 Å². The maximum absolute atomic E-state index is 13.7. The highest BCUT2D eigenvalue weighted by Crippen LogP contribution is 2.23. The molecule has 0 radical (unpaired) electrons. The average molecular weight is 356 g/mol. The van der Waals surface area contributed by atoms with E-state index in [4.69, 9.17) is 0 Å². The van der Waals surface area contributed by atoms with Crippen LogP contribution in [0.4, 0.5) is 4.39 Å². The van der Waals surface area contributed by atoms with E-state index in [1.807, 2.05) is 0 Å². The molecule has 1 aliphatic rings. The summed E-state index contributed by atoms with van der Waals surface area (Å²) in [7, 11) is -3.49. The van der Waals surface area contributed by atoms with Crippen LogP contribution in [0, 0.1) is 11.7 Å². The molecule has 1 N–H and O–H groups in total. The summed E-state index contributed by atoms with van der Waals surface area (Å²) in [5, 5.41) is 2.82. The molecule has 1 aromatic rings. The number of rotatable bonds is 7. The third kappa shape index (κ3) is 5.56. The van der Waals surface area contributed by atoms with Crippen molar-refractivity contribution >= 4 is 15.9 Å². The van der Waals surface area contributed by atoms with Crippen molar-refractivity contribution in [2.24, 2.45) is 5.92 Å². The Balaban J connectivity index is 1.90. The highest BCUT2D eigenvalue weighted by molar-refractivity contribution is 7.88. The van der Waals surface area contributed by atoms with Crippen molar-refractivity contribution in [1.29, 1.82) is 0 Å². The van der Waals surface area contributed by atoms with Gasteiger partial charge in [0.2, 0.25) is 15.9 Å². The Hall–Kier alpha value is -1.47. The Kier molecular flexibility index (Phi) is 6.74. The summed E-state index contributed by atoms with van der Waals surface area (Å²) in [6, 6.07) is 6.10. The first-order chi connectivity index (χ1) is 11.4. The lowest BCUT2D eigenvalue weighted by molar-refractivity contribution is -0.125. The fraction of sp³-hybridized carbons (Fsp3) is 0.588. The third-order valence-electron chi connectivity index (χ3n) is 4.41. The molecule has 1 aromatic carbocycles. The molecule has 1 amide bonds. The number of nitrogens with one attached hydrogen (secondary N) is 1. The van der Waals surface area contributed by atoms with Gasteiger partial charge in [0, 0.05) is 31.1 Å². The summed E-state index contributed by atoms with van der Waals surface area (Å²) in [4.78, 5) is 12.1.